The van der Waals surface area contributed by atoms with E-state index in [1.807, 2.05) is 6.92 Å². The quantitative estimate of drug-likeness (QED) is 0.687. The molecule has 20 heavy (non-hydrogen) atoms. The van der Waals surface area contributed by atoms with Crippen LogP contribution in [0.4, 0.5) is 4.39 Å². The van der Waals surface area contributed by atoms with Crippen LogP contribution in [0.15, 0.2) is 24.3 Å². The highest BCUT2D eigenvalue weighted by atomic mass is 19.1. The molecule has 0 aliphatic carbocycles. The Labute approximate surface area is 119 Å². The van der Waals surface area contributed by atoms with Crippen molar-refractivity contribution in [1.82, 2.24) is 4.90 Å². The Morgan fingerprint density at radius 1 is 1.25 bits per heavy atom. The fourth-order valence-electron chi connectivity index (χ4n) is 1.81. The summed E-state index contributed by atoms with van der Waals surface area (Å²) < 4.78 is 23.2. The van der Waals surface area contributed by atoms with Crippen LogP contribution in [-0.2, 0) is 9.53 Å². The van der Waals surface area contributed by atoms with Crippen molar-refractivity contribution < 1.29 is 18.7 Å². The number of hydrogen-bond donors (Lipinski definition) is 0. The molecular formula is C15H22FNO3. The first-order valence-electron chi connectivity index (χ1n) is 6.85. The van der Waals surface area contributed by atoms with Crippen LogP contribution < -0.4 is 4.74 Å². The molecule has 5 heteroatoms. The largest absolute Gasteiger partial charge is 0.482 e. The van der Waals surface area contributed by atoms with Gasteiger partial charge in [0.25, 0.3) is 0 Å². The predicted octanol–water partition coefficient (Wildman–Crippen LogP) is 2.48. The Bertz CT molecular complexity index is 404. The van der Waals surface area contributed by atoms with E-state index in [0.29, 0.717) is 12.3 Å². The number of esters is 1. The molecule has 0 amide bonds. The molecule has 112 valence electrons. The molecule has 0 aliphatic heterocycles. The van der Waals surface area contributed by atoms with Gasteiger partial charge >= 0.3 is 5.97 Å². The van der Waals surface area contributed by atoms with E-state index in [1.165, 1.54) is 24.3 Å². The molecule has 0 saturated carbocycles. The van der Waals surface area contributed by atoms with Crippen molar-refractivity contribution in [2.45, 2.75) is 26.9 Å². The number of rotatable bonds is 8. The molecule has 0 N–H and O–H groups in total. The molecule has 1 rings (SSSR count). The average Bonchev–Trinajstić information content (AvgIpc) is 2.44. The fourth-order valence-corrected chi connectivity index (χ4v) is 1.81. The van der Waals surface area contributed by atoms with Crippen LogP contribution in [0, 0.1) is 5.82 Å². The van der Waals surface area contributed by atoms with Crippen LogP contribution in [0.1, 0.15) is 20.8 Å². The molecular weight excluding hydrogens is 261 g/mol. The molecule has 0 fully saturated rings. The maximum Gasteiger partial charge on any atom is 0.344 e. The number of likely N-dealkylation sites (N-methyl/N-ethyl adjacent to an activating group) is 1. The number of nitrogens with zero attached hydrogens (tertiary/aromatic N) is 1. The van der Waals surface area contributed by atoms with Crippen molar-refractivity contribution in [3.8, 4) is 5.75 Å². The van der Waals surface area contributed by atoms with E-state index in [2.05, 4.69) is 18.7 Å². The summed E-state index contributed by atoms with van der Waals surface area (Å²) in [6.45, 7) is 8.36. The molecule has 0 spiro atoms. The van der Waals surface area contributed by atoms with Gasteiger partial charge in [-0.15, -0.1) is 0 Å². The maximum absolute atomic E-state index is 12.7. The summed E-state index contributed by atoms with van der Waals surface area (Å²) >= 11 is 0. The predicted molar refractivity (Wildman–Crippen MR) is 75.2 cm³/mol. The molecule has 0 aromatic heterocycles. The molecule has 0 unspecified atom stereocenters. The number of carbonyl (C=O) groups is 1. The first-order valence-corrected chi connectivity index (χ1v) is 6.85. The van der Waals surface area contributed by atoms with Gasteiger partial charge in [-0.05, 0) is 44.3 Å². The first-order chi connectivity index (χ1) is 9.55. The van der Waals surface area contributed by atoms with Crippen LogP contribution in [0.3, 0.4) is 0 Å². The molecule has 1 atom stereocenters. The average molecular weight is 283 g/mol. The lowest BCUT2D eigenvalue weighted by atomic mass is 10.3. The highest BCUT2D eigenvalue weighted by Gasteiger charge is 2.13. The smallest absolute Gasteiger partial charge is 0.344 e. The van der Waals surface area contributed by atoms with Gasteiger partial charge in [0.15, 0.2) is 6.61 Å². The highest BCUT2D eigenvalue weighted by molar-refractivity contribution is 5.71. The van der Waals surface area contributed by atoms with Gasteiger partial charge < -0.3 is 14.4 Å². The molecule has 1 aromatic carbocycles. The van der Waals surface area contributed by atoms with Gasteiger partial charge in [-0.3, -0.25) is 0 Å². The van der Waals surface area contributed by atoms with E-state index in [0.717, 1.165) is 13.1 Å². The molecule has 4 nitrogen and oxygen atoms in total. The molecule has 0 radical (unpaired) electrons. The van der Waals surface area contributed by atoms with Crippen molar-refractivity contribution in [3.05, 3.63) is 30.1 Å². The number of carbonyl (C=O) groups excluding carboxylic acids is 1. The Morgan fingerprint density at radius 3 is 2.40 bits per heavy atom. The lowest BCUT2D eigenvalue weighted by Crippen LogP contribution is -2.34. The number of hydrogen-bond acceptors (Lipinski definition) is 4. The Balaban J connectivity index is 2.30. The second-order valence-electron chi connectivity index (χ2n) is 4.53. The van der Waals surface area contributed by atoms with Gasteiger partial charge in [0.1, 0.15) is 17.7 Å². The lowest BCUT2D eigenvalue weighted by molar-refractivity contribution is -0.151. The third-order valence-corrected chi connectivity index (χ3v) is 2.91. The lowest BCUT2D eigenvalue weighted by Gasteiger charge is -2.22. The monoisotopic (exact) mass is 283 g/mol. The molecule has 0 bridgehead atoms. The standard InChI is InChI=1S/C15H22FNO3/c1-4-17(5-2)10-12(3)20-15(18)11-19-14-8-6-13(16)7-9-14/h6-9,12H,4-5,10-11H2,1-3H3/t12-/m0/s1. The van der Waals surface area contributed by atoms with E-state index in [9.17, 15) is 9.18 Å². The van der Waals surface area contributed by atoms with Gasteiger partial charge in [-0.25, -0.2) is 9.18 Å². The van der Waals surface area contributed by atoms with Crippen LogP contribution in [0.25, 0.3) is 0 Å². The number of ether oxygens (including phenoxy) is 2. The van der Waals surface area contributed by atoms with Gasteiger partial charge in [0, 0.05) is 6.54 Å². The van der Waals surface area contributed by atoms with Crippen molar-refractivity contribution in [2.75, 3.05) is 26.2 Å². The van der Waals surface area contributed by atoms with Crippen molar-refractivity contribution in [1.29, 1.82) is 0 Å². The van der Waals surface area contributed by atoms with Crippen LogP contribution in [0.5, 0.6) is 5.75 Å². The summed E-state index contributed by atoms with van der Waals surface area (Å²) in [4.78, 5) is 13.8. The summed E-state index contributed by atoms with van der Waals surface area (Å²) in [5.74, 6) is -0.318. The van der Waals surface area contributed by atoms with E-state index in [-0.39, 0.29) is 18.5 Å². The molecule has 0 heterocycles. The van der Waals surface area contributed by atoms with Gasteiger partial charge in [0.05, 0.1) is 0 Å². The van der Waals surface area contributed by atoms with Gasteiger partial charge in [0.2, 0.25) is 0 Å². The number of halogens is 1. The number of benzene rings is 1. The highest BCUT2D eigenvalue weighted by Crippen LogP contribution is 2.11. The summed E-state index contributed by atoms with van der Waals surface area (Å²) in [6, 6.07) is 5.51. The minimum absolute atomic E-state index is 0.172. The Hall–Kier alpha value is -1.62. The molecule has 0 saturated heterocycles. The zero-order valence-corrected chi connectivity index (χ0v) is 12.3. The van der Waals surface area contributed by atoms with Crippen molar-refractivity contribution >= 4 is 5.97 Å². The summed E-state index contributed by atoms with van der Waals surface area (Å²) in [5.41, 5.74) is 0. The van der Waals surface area contributed by atoms with E-state index in [1.54, 1.807) is 0 Å². The maximum atomic E-state index is 12.7. The minimum atomic E-state index is -0.422. The van der Waals surface area contributed by atoms with Crippen molar-refractivity contribution in [3.63, 3.8) is 0 Å². The van der Waals surface area contributed by atoms with Gasteiger partial charge in [-0.1, -0.05) is 13.8 Å². The summed E-state index contributed by atoms with van der Waals surface area (Å²) in [6.07, 6.45) is -0.181. The van der Waals surface area contributed by atoms with Crippen LogP contribution >= 0.6 is 0 Å². The third kappa shape index (κ3) is 6.02. The normalized spacial score (nSPS) is 12.2. The minimum Gasteiger partial charge on any atom is -0.482 e. The topological polar surface area (TPSA) is 38.8 Å². The molecule has 0 aliphatic rings. The van der Waals surface area contributed by atoms with Crippen molar-refractivity contribution in [2.24, 2.45) is 0 Å². The summed E-state index contributed by atoms with van der Waals surface area (Å²) in [7, 11) is 0. The van der Waals surface area contributed by atoms with E-state index >= 15 is 0 Å². The first kappa shape index (κ1) is 16.4. The zero-order valence-electron chi connectivity index (χ0n) is 12.3. The zero-order chi connectivity index (χ0) is 15.0. The fraction of sp³-hybridized carbons (Fsp3) is 0.533. The van der Waals surface area contributed by atoms with Crippen LogP contribution in [-0.4, -0.2) is 43.2 Å². The Morgan fingerprint density at radius 2 is 1.85 bits per heavy atom. The second-order valence-corrected chi connectivity index (χ2v) is 4.53. The Kier molecular flexibility index (Phi) is 7.01. The van der Waals surface area contributed by atoms with E-state index < -0.39 is 5.97 Å². The third-order valence-electron chi connectivity index (χ3n) is 2.91. The second kappa shape index (κ2) is 8.53. The SMILES string of the molecule is CCN(CC)C[C@H](C)OC(=O)COc1ccc(F)cc1. The summed E-state index contributed by atoms with van der Waals surface area (Å²) in [5, 5.41) is 0. The van der Waals surface area contributed by atoms with E-state index in [4.69, 9.17) is 9.47 Å². The van der Waals surface area contributed by atoms with Gasteiger partial charge in [-0.2, -0.15) is 0 Å². The molecule has 1 aromatic rings. The van der Waals surface area contributed by atoms with Crippen LogP contribution in [0.2, 0.25) is 0 Å².